The fourth-order valence-electron chi connectivity index (χ4n) is 0.816. The zero-order valence-corrected chi connectivity index (χ0v) is 9.46. The average molecular weight is 287 g/mol. The number of halogens is 4. The largest absolute Gasteiger partial charge is 0.497 e. The third kappa shape index (κ3) is 3.42. The Morgan fingerprint density at radius 2 is 2.00 bits per heavy atom. The Kier molecular flexibility index (Phi) is 3.71. The van der Waals surface area contributed by atoms with Gasteiger partial charge in [0.15, 0.2) is 0 Å². The van der Waals surface area contributed by atoms with Crippen molar-refractivity contribution in [3.63, 3.8) is 0 Å². The molecule has 0 radical (unpaired) electrons. The second-order valence-corrected chi connectivity index (χ2v) is 4.31. The second-order valence-electron chi connectivity index (χ2n) is 2.34. The maximum Gasteiger partial charge on any atom is 0.446 e. The van der Waals surface area contributed by atoms with Crippen LogP contribution in [0.5, 0.6) is 5.75 Å². The molecule has 1 aromatic carbocycles. The molecule has 0 N–H and O–H groups in total. The molecule has 0 amide bonds. The zero-order chi connectivity index (χ0) is 10.8. The van der Waals surface area contributed by atoms with E-state index in [1.165, 1.54) is 25.3 Å². The highest BCUT2D eigenvalue weighted by Gasteiger charge is 2.30. The molecule has 0 heterocycles. The highest BCUT2D eigenvalue weighted by molar-refractivity contribution is 9.10. The highest BCUT2D eigenvalue weighted by Crippen LogP contribution is 2.41. The summed E-state index contributed by atoms with van der Waals surface area (Å²) < 4.78 is 41.3. The van der Waals surface area contributed by atoms with Gasteiger partial charge >= 0.3 is 5.51 Å². The van der Waals surface area contributed by atoms with Crippen molar-refractivity contribution in [3.8, 4) is 5.75 Å². The predicted molar refractivity (Wildman–Crippen MR) is 52.6 cm³/mol. The summed E-state index contributed by atoms with van der Waals surface area (Å²) >= 11 is 2.88. The Morgan fingerprint density at radius 1 is 1.36 bits per heavy atom. The minimum Gasteiger partial charge on any atom is -0.497 e. The Labute approximate surface area is 91.8 Å². The molecule has 1 aromatic rings. The van der Waals surface area contributed by atoms with Crippen molar-refractivity contribution >= 4 is 27.7 Å². The summed E-state index contributed by atoms with van der Waals surface area (Å²) in [4.78, 5) is 0.123. The van der Waals surface area contributed by atoms with Gasteiger partial charge in [0.05, 0.1) is 7.11 Å². The van der Waals surface area contributed by atoms with Crippen LogP contribution in [-0.4, -0.2) is 12.6 Å². The summed E-state index contributed by atoms with van der Waals surface area (Å²) in [5.41, 5.74) is -4.27. The quantitative estimate of drug-likeness (QED) is 0.758. The number of thioether (sulfide) groups is 1. The number of hydrogen-bond donors (Lipinski definition) is 0. The van der Waals surface area contributed by atoms with Gasteiger partial charge in [0.25, 0.3) is 0 Å². The van der Waals surface area contributed by atoms with Crippen LogP contribution in [0.25, 0.3) is 0 Å². The topological polar surface area (TPSA) is 9.23 Å². The fraction of sp³-hybridized carbons (Fsp3) is 0.250. The van der Waals surface area contributed by atoms with Crippen molar-refractivity contribution in [2.45, 2.75) is 10.4 Å². The number of benzene rings is 1. The standard InChI is InChI=1S/C8H6BrF3OS/c1-13-5-2-3-7(6(9)4-5)14-8(10,11)12/h2-4H,1H3. The van der Waals surface area contributed by atoms with E-state index in [1.807, 2.05) is 0 Å². The van der Waals surface area contributed by atoms with E-state index in [2.05, 4.69) is 15.9 Å². The van der Waals surface area contributed by atoms with E-state index in [0.717, 1.165) is 0 Å². The molecular weight excluding hydrogens is 281 g/mol. The third-order valence-electron chi connectivity index (χ3n) is 1.36. The average Bonchev–Trinajstić information content (AvgIpc) is 2.06. The number of hydrogen-bond acceptors (Lipinski definition) is 2. The van der Waals surface area contributed by atoms with Crippen LogP contribution in [0.2, 0.25) is 0 Å². The Balaban J connectivity index is 2.89. The molecule has 0 aliphatic rings. The summed E-state index contributed by atoms with van der Waals surface area (Å²) in [5, 5.41) is 0. The summed E-state index contributed by atoms with van der Waals surface area (Å²) in [6, 6.07) is 4.34. The van der Waals surface area contributed by atoms with Crippen molar-refractivity contribution in [2.24, 2.45) is 0 Å². The van der Waals surface area contributed by atoms with Gasteiger partial charge in [0, 0.05) is 9.37 Å². The molecule has 0 fully saturated rings. The van der Waals surface area contributed by atoms with Crippen LogP contribution >= 0.6 is 27.7 Å². The van der Waals surface area contributed by atoms with Gasteiger partial charge in [-0.1, -0.05) is 0 Å². The summed E-state index contributed by atoms with van der Waals surface area (Å²) in [6.45, 7) is 0. The molecule has 0 saturated carbocycles. The highest BCUT2D eigenvalue weighted by atomic mass is 79.9. The van der Waals surface area contributed by atoms with Crippen molar-refractivity contribution in [1.82, 2.24) is 0 Å². The van der Waals surface area contributed by atoms with Crippen molar-refractivity contribution in [3.05, 3.63) is 22.7 Å². The molecule has 0 atom stereocenters. The Morgan fingerprint density at radius 3 is 2.43 bits per heavy atom. The van der Waals surface area contributed by atoms with E-state index in [-0.39, 0.29) is 16.7 Å². The molecule has 0 aliphatic carbocycles. The van der Waals surface area contributed by atoms with Gasteiger partial charge in [-0.05, 0) is 45.9 Å². The van der Waals surface area contributed by atoms with Crippen LogP contribution in [0.4, 0.5) is 13.2 Å². The van der Waals surface area contributed by atoms with Crippen molar-refractivity contribution in [2.75, 3.05) is 7.11 Å². The predicted octanol–water partition coefficient (Wildman–Crippen LogP) is 4.07. The molecule has 0 unspecified atom stereocenters. The van der Waals surface area contributed by atoms with Gasteiger partial charge in [-0.25, -0.2) is 0 Å². The van der Waals surface area contributed by atoms with Crippen molar-refractivity contribution in [1.29, 1.82) is 0 Å². The lowest BCUT2D eigenvalue weighted by molar-refractivity contribution is -0.0328. The van der Waals surface area contributed by atoms with Crippen molar-refractivity contribution < 1.29 is 17.9 Å². The molecular formula is C8H6BrF3OS. The minimum atomic E-state index is -4.27. The molecule has 1 rings (SSSR count). The van der Waals surface area contributed by atoms with E-state index in [4.69, 9.17) is 4.74 Å². The molecule has 0 aromatic heterocycles. The van der Waals surface area contributed by atoms with Crippen LogP contribution in [0, 0.1) is 0 Å². The first kappa shape index (κ1) is 11.7. The maximum absolute atomic E-state index is 12.0. The molecule has 14 heavy (non-hydrogen) atoms. The number of rotatable bonds is 2. The van der Waals surface area contributed by atoms with Gasteiger partial charge in [0.1, 0.15) is 5.75 Å². The summed E-state index contributed by atoms with van der Waals surface area (Å²) in [7, 11) is 1.46. The van der Waals surface area contributed by atoms with Crippen LogP contribution in [-0.2, 0) is 0 Å². The number of alkyl halides is 3. The fourth-order valence-corrected chi connectivity index (χ4v) is 1.96. The molecule has 0 saturated heterocycles. The first-order valence-electron chi connectivity index (χ1n) is 3.51. The smallest absolute Gasteiger partial charge is 0.446 e. The van der Waals surface area contributed by atoms with Gasteiger partial charge in [0.2, 0.25) is 0 Å². The van der Waals surface area contributed by atoms with Gasteiger partial charge < -0.3 is 4.74 Å². The first-order chi connectivity index (χ1) is 6.42. The van der Waals surface area contributed by atoms with Crippen LogP contribution in [0.1, 0.15) is 0 Å². The maximum atomic E-state index is 12.0. The van der Waals surface area contributed by atoms with E-state index in [9.17, 15) is 13.2 Å². The van der Waals surface area contributed by atoms with Crippen LogP contribution < -0.4 is 4.74 Å². The van der Waals surface area contributed by atoms with E-state index < -0.39 is 5.51 Å². The monoisotopic (exact) mass is 286 g/mol. The molecule has 0 aliphatic heterocycles. The normalized spacial score (nSPS) is 11.5. The lowest BCUT2D eigenvalue weighted by atomic mass is 10.3. The lowest BCUT2D eigenvalue weighted by Gasteiger charge is -2.08. The zero-order valence-electron chi connectivity index (χ0n) is 7.06. The SMILES string of the molecule is COc1ccc(SC(F)(F)F)c(Br)c1. The first-order valence-corrected chi connectivity index (χ1v) is 5.12. The van der Waals surface area contributed by atoms with E-state index in [1.54, 1.807) is 0 Å². The third-order valence-corrected chi connectivity index (χ3v) is 3.09. The Bertz CT molecular complexity index is 327. The Hall–Kier alpha value is -0.360. The van der Waals surface area contributed by atoms with Gasteiger partial charge in [-0.2, -0.15) is 13.2 Å². The van der Waals surface area contributed by atoms with Crippen LogP contribution in [0.3, 0.4) is 0 Å². The van der Waals surface area contributed by atoms with Gasteiger partial charge in [-0.3, -0.25) is 0 Å². The van der Waals surface area contributed by atoms with Crippen LogP contribution in [0.15, 0.2) is 27.6 Å². The van der Waals surface area contributed by atoms with E-state index >= 15 is 0 Å². The molecule has 6 heteroatoms. The number of methoxy groups -OCH3 is 1. The minimum absolute atomic E-state index is 0.123. The summed E-state index contributed by atoms with van der Waals surface area (Å²) in [5.74, 6) is 0.517. The summed E-state index contributed by atoms with van der Waals surface area (Å²) in [6.07, 6.45) is 0. The molecule has 1 nitrogen and oxygen atoms in total. The molecule has 78 valence electrons. The second kappa shape index (κ2) is 4.44. The number of ether oxygens (including phenoxy) is 1. The molecule has 0 bridgehead atoms. The molecule has 0 spiro atoms. The van der Waals surface area contributed by atoms with E-state index in [0.29, 0.717) is 10.2 Å². The lowest BCUT2D eigenvalue weighted by Crippen LogP contribution is -1.99. The van der Waals surface area contributed by atoms with Gasteiger partial charge in [-0.15, -0.1) is 0 Å².